The summed E-state index contributed by atoms with van der Waals surface area (Å²) in [5.41, 5.74) is 0. The second kappa shape index (κ2) is 4.28. The fraction of sp³-hybridized carbons (Fsp3) is 0.333. The molecule has 2 nitrogen and oxygen atoms in total. The number of hydrogen-bond donors (Lipinski definition) is 0. The Hall–Kier alpha value is -0.300. The van der Waals surface area contributed by atoms with Crippen LogP contribution in [0.1, 0.15) is 6.92 Å². The van der Waals surface area contributed by atoms with Gasteiger partial charge in [0.15, 0.2) is 0 Å². The van der Waals surface area contributed by atoms with Crippen LogP contribution in [-0.4, -0.2) is 12.2 Å². The number of halogens is 1. The summed E-state index contributed by atoms with van der Waals surface area (Å²) >= 11 is 5.83. The highest BCUT2D eigenvalue weighted by atomic mass is 35.5. The first-order valence-electron chi connectivity index (χ1n) is 3.96. The van der Waals surface area contributed by atoms with E-state index in [2.05, 4.69) is 0 Å². The van der Waals surface area contributed by atoms with Gasteiger partial charge in [-0.2, -0.15) is 0 Å². The zero-order valence-electron chi connectivity index (χ0n) is 7.61. The summed E-state index contributed by atoms with van der Waals surface area (Å²) in [6.07, 6.45) is 0. The van der Waals surface area contributed by atoms with Crippen LogP contribution in [0.15, 0.2) is 30.3 Å². The zero-order chi connectivity index (χ0) is 9.90. The Morgan fingerprint density at radius 2 is 1.92 bits per heavy atom. The molecule has 0 aliphatic carbocycles. The molecule has 1 aromatic carbocycles. The molecular weight excluding hydrogens is 207 g/mol. The summed E-state index contributed by atoms with van der Waals surface area (Å²) in [6, 6.07) is 9.04. The Morgan fingerprint density at radius 1 is 1.38 bits per heavy atom. The van der Waals surface area contributed by atoms with Crippen molar-refractivity contribution in [3.05, 3.63) is 30.3 Å². The van der Waals surface area contributed by atoms with Crippen molar-refractivity contribution in [1.29, 1.82) is 0 Å². The van der Waals surface area contributed by atoms with E-state index < -0.39 is 12.5 Å². The smallest absolute Gasteiger partial charge is 0.248 e. The second-order valence-corrected chi connectivity index (χ2v) is 6.50. The lowest BCUT2D eigenvalue weighted by Crippen LogP contribution is -2.11. The summed E-state index contributed by atoms with van der Waals surface area (Å²) in [5, 5.41) is 0.167. The van der Waals surface area contributed by atoms with Crippen molar-refractivity contribution in [3.63, 3.8) is 0 Å². The monoisotopic (exact) mass is 218 g/mol. The summed E-state index contributed by atoms with van der Waals surface area (Å²) in [5.74, 6) is 0. The highest BCUT2D eigenvalue weighted by Crippen LogP contribution is 2.51. The van der Waals surface area contributed by atoms with Crippen LogP contribution in [0.5, 0.6) is 0 Å². The maximum atomic E-state index is 12.1. The number of rotatable bonds is 3. The molecule has 0 saturated heterocycles. The van der Waals surface area contributed by atoms with E-state index in [0.717, 1.165) is 0 Å². The van der Waals surface area contributed by atoms with Gasteiger partial charge in [0.25, 0.3) is 0 Å². The fourth-order valence-corrected chi connectivity index (χ4v) is 3.17. The van der Waals surface area contributed by atoms with Gasteiger partial charge in [-0.15, -0.1) is 11.6 Å². The lowest BCUT2D eigenvalue weighted by atomic mass is 10.4. The first-order valence-corrected chi connectivity index (χ1v) is 6.09. The Kier molecular flexibility index (Phi) is 3.55. The van der Waals surface area contributed by atoms with Crippen LogP contribution >= 0.6 is 19.0 Å². The molecule has 4 heteroatoms. The van der Waals surface area contributed by atoms with Crippen LogP contribution in [0.3, 0.4) is 0 Å². The molecule has 0 aliphatic heterocycles. The molecule has 0 amide bonds. The van der Waals surface area contributed by atoms with Gasteiger partial charge in [-0.1, -0.05) is 18.2 Å². The van der Waals surface area contributed by atoms with Gasteiger partial charge in [-0.25, -0.2) is 0 Å². The van der Waals surface area contributed by atoms with Gasteiger partial charge in [0.2, 0.25) is 7.37 Å². The van der Waals surface area contributed by atoms with E-state index in [0.29, 0.717) is 5.30 Å². The molecule has 72 valence electrons. The average molecular weight is 219 g/mol. The van der Waals surface area contributed by atoms with E-state index in [4.69, 9.17) is 16.1 Å². The molecule has 0 spiro atoms. The van der Waals surface area contributed by atoms with E-state index >= 15 is 0 Å². The molecule has 0 N–H and O–H groups in total. The summed E-state index contributed by atoms with van der Waals surface area (Å²) in [4.78, 5) is 0. The Balaban J connectivity index is 3.12. The molecule has 0 aliphatic rings. The average Bonchev–Trinajstić information content (AvgIpc) is 2.17. The molecule has 0 heterocycles. The normalized spacial score (nSPS) is 17.8. The van der Waals surface area contributed by atoms with Crippen molar-refractivity contribution in [2.75, 3.05) is 7.11 Å². The molecule has 1 rings (SSSR count). The Labute approximate surface area is 83.3 Å². The predicted molar refractivity (Wildman–Crippen MR) is 56.0 cm³/mol. The van der Waals surface area contributed by atoms with E-state index in [1.54, 1.807) is 19.1 Å². The van der Waals surface area contributed by atoms with Gasteiger partial charge < -0.3 is 4.52 Å². The summed E-state index contributed by atoms with van der Waals surface area (Å²) < 4.78 is 17.1. The van der Waals surface area contributed by atoms with Gasteiger partial charge in [-0.3, -0.25) is 4.57 Å². The Bertz CT molecular complexity index is 311. The van der Waals surface area contributed by atoms with Crippen molar-refractivity contribution in [1.82, 2.24) is 0 Å². The van der Waals surface area contributed by atoms with Gasteiger partial charge in [0.1, 0.15) is 5.12 Å². The summed E-state index contributed by atoms with van der Waals surface area (Å²) in [6.45, 7) is 1.68. The lowest BCUT2D eigenvalue weighted by Gasteiger charge is -2.18. The topological polar surface area (TPSA) is 26.3 Å². The minimum Gasteiger partial charge on any atom is -0.328 e. The number of hydrogen-bond acceptors (Lipinski definition) is 2. The maximum Gasteiger partial charge on any atom is 0.248 e. The molecule has 0 aromatic heterocycles. The van der Waals surface area contributed by atoms with Crippen LogP contribution in [-0.2, 0) is 9.09 Å². The van der Waals surface area contributed by atoms with Crippen molar-refractivity contribution < 1.29 is 9.09 Å². The first-order chi connectivity index (χ1) is 6.11. The molecular formula is C9H12ClO2P. The molecule has 0 radical (unpaired) electrons. The first kappa shape index (κ1) is 10.8. The van der Waals surface area contributed by atoms with Crippen LogP contribution in [0, 0.1) is 0 Å². The van der Waals surface area contributed by atoms with E-state index in [9.17, 15) is 4.57 Å². The SMILES string of the molecule is COP(=O)(c1ccccc1)C(C)Cl. The number of benzene rings is 1. The molecule has 2 atom stereocenters. The fourth-order valence-electron chi connectivity index (χ4n) is 1.09. The molecule has 2 unspecified atom stereocenters. The van der Waals surface area contributed by atoms with Crippen LogP contribution in [0.25, 0.3) is 0 Å². The van der Waals surface area contributed by atoms with Gasteiger partial charge in [-0.05, 0) is 19.1 Å². The third-order valence-electron chi connectivity index (χ3n) is 1.86. The lowest BCUT2D eigenvalue weighted by molar-refractivity contribution is 0.401. The largest absolute Gasteiger partial charge is 0.328 e. The number of alkyl halides is 1. The molecule has 13 heavy (non-hydrogen) atoms. The van der Waals surface area contributed by atoms with E-state index in [1.165, 1.54) is 7.11 Å². The molecule has 0 saturated carbocycles. The van der Waals surface area contributed by atoms with Crippen LogP contribution in [0.2, 0.25) is 0 Å². The summed E-state index contributed by atoms with van der Waals surface area (Å²) in [7, 11) is -1.44. The van der Waals surface area contributed by atoms with Crippen LogP contribution < -0.4 is 5.30 Å². The van der Waals surface area contributed by atoms with Crippen molar-refractivity contribution in [3.8, 4) is 0 Å². The standard InChI is InChI=1S/C9H12ClO2P/c1-8(10)13(11,12-2)9-6-4-3-5-7-9/h3-8H,1-2H3. The van der Waals surface area contributed by atoms with Gasteiger partial charge >= 0.3 is 0 Å². The van der Waals surface area contributed by atoms with Crippen molar-refractivity contribution >= 4 is 24.3 Å². The van der Waals surface area contributed by atoms with Gasteiger partial charge in [0, 0.05) is 12.4 Å². The quantitative estimate of drug-likeness (QED) is 0.576. The predicted octanol–water partition coefficient (Wildman–Crippen LogP) is 2.82. The van der Waals surface area contributed by atoms with E-state index in [-0.39, 0.29) is 0 Å². The minimum atomic E-state index is -2.86. The van der Waals surface area contributed by atoms with Crippen LogP contribution in [0.4, 0.5) is 0 Å². The third-order valence-corrected chi connectivity index (χ3v) is 5.12. The molecule has 0 fully saturated rings. The molecule has 0 bridgehead atoms. The third kappa shape index (κ3) is 2.14. The van der Waals surface area contributed by atoms with Crippen molar-refractivity contribution in [2.24, 2.45) is 0 Å². The highest BCUT2D eigenvalue weighted by Gasteiger charge is 2.29. The van der Waals surface area contributed by atoms with Gasteiger partial charge in [0.05, 0.1) is 0 Å². The van der Waals surface area contributed by atoms with E-state index in [1.807, 2.05) is 18.2 Å². The Morgan fingerprint density at radius 3 is 2.31 bits per heavy atom. The maximum absolute atomic E-state index is 12.1. The molecule has 1 aromatic rings. The minimum absolute atomic E-state index is 0.500. The highest BCUT2D eigenvalue weighted by molar-refractivity contribution is 7.69. The van der Waals surface area contributed by atoms with Crippen molar-refractivity contribution in [2.45, 2.75) is 12.0 Å². The zero-order valence-corrected chi connectivity index (χ0v) is 9.26. The second-order valence-electron chi connectivity index (χ2n) is 2.69.